The lowest BCUT2D eigenvalue weighted by Gasteiger charge is -2.02. The number of aryl methyl sites for hydroxylation is 2. The average Bonchev–Trinajstić information content (AvgIpc) is 2.38. The number of allylic oxidation sites excluding steroid dienone is 2. The maximum Gasteiger partial charge on any atom is -0.00947 e. The Hall–Kier alpha value is -1.82. The zero-order chi connectivity index (χ0) is 12.8. The van der Waals surface area contributed by atoms with Crippen molar-refractivity contribution >= 4 is 0 Å². The largest absolute Gasteiger partial charge is 0.0838 e. The molecular weight excluding hydrogens is 216 g/mol. The summed E-state index contributed by atoms with van der Waals surface area (Å²) in [5.41, 5.74) is 5.58. The van der Waals surface area contributed by atoms with Crippen molar-refractivity contribution in [2.24, 2.45) is 0 Å². The van der Waals surface area contributed by atoms with Crippen molar-refractivity contribution in [3.05, 3.63) is 82.9 Å². The van der Waals surface area contributed by atoms with Crippen LogP contribution in [0.25, 0.3) is 0 Å². The van der Waals surface area contributed by atoms with E-state index in [0.717, 1.165) is 12.8 Å². The van der Waals surface area contributed by atoms with Gasteiger partial charge in [0.15, 0.2) is 0 Å². The van der Waals surface area contributed by atoms with Crippen LogP contribution >= 0.6 is 0 Å². The van der Waals surface area contributed by atoms with Crippen LogP contribution in [0.1, 0.15) is 22.3 Å². The van der Waals surface area contributed by atoms with Gasteiger partial charge in [0.25, 0.3) is 0 Å². The molecule has 0 nitrogen and oxygen atoms in total. The van der Waals surface area contributed by atoms with Gasteiger partial charge < -0.3 is 0 Å². The van der Waals surface area contributed by atoms with Crippen LogP contribution in [0.15, 0.2) is 60.7 Å². The number of rotatable bonds is 4. The Balaban J connectivity index is 1.94. The molecule has 0 heteroatoms. The number of benzene rings is 2. The quantitative estimate of drug-likeness (QED) is 0.678. The highest BCUT2D eigenvalue weighted by Gasteiger charge is 1.95. The van der Waals surface area contributed by atoms with Crippen molar-refractivity contribution in [3.8, 4) is 0 Å². The van der Waals surface area contributed by atoms with Gasteiger partial charge in [-0.2, -0.15) is 0 Å². The Morgan fingerprint density at radius 2 is 1.06 bits per heavy atom. The van der Waals surface area contributed by atoms with E-state index >= 15 is 0 Å². The minimum atomic E-state index is 1.03. The van der Waals surface area contributed by atoms with Crippen molar-refractivity contribution in [1.29, 1.82) is 0 Å². The van der Waals surface area contributed by atoms with E-state index in [1.165, 1.54) is 22.3 Å². The molecule has 0 aromatic heterocycles. The smallest absolute Gasteiger partial charge is 0.00947 e. The van der Waals surface area contributed by atoms with Crippen LogP contribution in [0, 0.1) is 13.8 Å². The van der Waals surface area contributed by atoms with E-state index in [0.29, 0.717) is 0 Å². The normalized spacial score (nSPS) is 11.0. The molecule has 0 atom stereocenters. The summed E-state index contributed by atoms with van der Waals surface area (Å²) in [6.45, 7) is 4.34. The molecule has 0 aliphatic rings. The first kappa shape index (κ1) is 12.6. The topological polar surface area (TPSA) is 0 Å². The highest BCUT2D eigenvalue weighted by molar-refractivity contribution is 5.29. The summed E-state index contributed by atoms with van der Waals surface area (Å²) < 4.78 is 0. The Morgan fingerprint density at radius 1 is 0.667 bits per heavy atom. The van der Waals surface area contributed by atoms with Gasteiger partial charge in [-0.1, -0.05) is 60.7 Å². The summed E-state index contributed by atoms with van der Waals surface area (Å²) in [6.07, 6.45) is 6.60. The van der Waals surface area contributed by atoms with Gasteiger partial charge in [-0.25, -0.2) is 0 Å². The van der Waals surface area contributed by atoms with E-state index in [1.54, 1.807) is 0 Å². The third-order valence-electron chi connectivity index (χ3n) is 3.36. The molecule has 2 aromatic carbocycles. The van der Waals surface area contributed by atoms with Crippen LogP contribution in [0.2, 0.25) is 0 Å². The molecule has 0 aliphatic heterocycles. The van der Waals surface area contributed by atoms with Crippen LogP contribution in [-0.4, -0.2) is 0 Å². The lowest BCUT2D eigenvalue weighted by Crippen LogP contribution is -1.88. The van der Waals surface area contributed by atoms with Crippen molar-refractivity contribution in [2.45, 2.75) is 26.7 Å². The van der Waals surface area contributed by atoms with Gasteiger partial charge >= 0.3 is 0 Å². The molecule has 0 spiro atoms. The molecule has 0 saturated heterocycles. The van der Waals surface area contributed by atoms with Crippen molar-refractivity contribution in [3.63, 3.8) is 0 Å². The van der Waals surface area contributed by atoms with Gasteiger partial charge in [-0.3, -0.25) is 0 Å². The van der Waals surface area contributed by atoms with E-state index in [1.807, 2.05) is 0 Å². The monoisotopic (exact) mass is 236 g/mol. The summed E-state index contributed by atoms with van der Waals surface area (Å²) >= 11 is 0. The molecule has 0 bridgehead atoms. The molecule has 2 aromatic rings. The standard InChI is InChI=1S/C18H20/c1-15-9-3-5-11-17(15)13-7-8-14-18-12-6-4-10-16(18)2/h3-12H,13-14H2,1-2H3. The third kappa shape index (κ3) is 3.33. The van der Waals surface area contributed by atoms with Crippen molar-refractivity contribution < 1.29 is 0 Å². The lowest BCUT2D eigenvalue weighted by molar-refractivity contribution is 1.16. The molecule has 92 valence electrons. The average molecular weight is 236 g/mol. The first-order chi connectivity index (χ1) is 8.77. The molecule has 0 saturated carbocycles. The maximum absolute atomic E-state index is 2.27. The van der Waals surface area contributed by atoms with Gasteiger partial charge in [0.2, 0.25) is 0 Å². The lowest BCUT2D eigenvalue weighted by atomic mass is 10.0. The second-order valence-electron chi connectivity index (χ2n) is 4.73. The fourth-order valence-corrected chi connectivity index (χ4v) is 2.10. The number of hydrogen-bond acceptors (Lipinski definition) is 0. The van der Waals surface area contributed by atoms with Crippen molar-refractivity contribution in [2.75, 3.05) is 0 Å². The van der Waals surface area contributed by atoms with E-state index < -0.39 is 0 Å². The van der Waals surface area contributed by atoms with Crippen LogP contribution in [0.5, 0.6) is 0 Å². The molecule has 0 N–H and O–H groups in total. The van der Waals surface area contributed by atoms with E-state index in [4.69, 9.17) is 0 Å². The molecule has 0 aliphatic carbocycles. The molecule has 0 fully saturated rings. The maximum atomic E-state index is 2.27. The Bertz CT molecular complexity index is 486. The van der Waals surface area contributed by atoms with Gasteiger partial charge in [-0.15, -0.1) is 0 Å². The second-order valence-corrected chi connectivity index (χ2v) is 4.73. The van der Waals surface area contributed by atoms with Crippen molar-refractivity contribution in [1.82, 2.24) is 0 Å². The molecule has 18 heavy (non-hydrogen) atoms. The SMILES string of the molecule is Cc1ccccc1CC=CCc1ccccc1C. The van der Waals surface area contributed by atoms with Crippen LogP contribution < -0.4 is 0 Å². The molecule has 0 heterocycles. The fourth-order valence-electron chi connectivity index (χ4n) is 2.10. The van der Waals surface area contributed by atoms with Crippen LogP contribution in [-0.2, 0) is 12.8 Å². The molecular formula is C18H20. The highest BCUT2D eigenvalue weighted by Crippen LogP contribution is 2.10. The Kier molecular flexibility index (Phi) is 4.35. The van der Waals surface area contributed by atoms with Gasteiger partial charge in [0, 0.05) is 0 Å². The zero-order valence-electron chi connectivity index (χ0n) is 11.2. The Morgan fingerprint density at radius 3 is 1.44 bits per heavy atom. The Labute approximate surface area is 110 Å². The van der Waals surface area contributed by atoms with Crippen LogP contribution in [0.4, 0.5) is 0 Å². The number of hydrogen-bond donors (Lipinski definition) is 0. The molecule has 0 radical (unpaired) electrons. The van der Waals surface area contributed by atoms with E-state index in [2.05, 4.69) is 74.5 Å². The second kappa shape index (κ2) is 6.20. The summed E-state index contributed by atoms with van der Waals surface area (Å²) in [5.74, 6) is 0. The summed E-state index contributed by atoms with van der Waals surface area (Å²) in [4.78, 5) is 0. The van der Waals surface area contributed by atoms with E-state index in [-0.39, 0.29) is 0 Å². The predicted octanol–water partition coefficient (Wildman–Crippen LogP) is 4.64. The minimum absolute atomic E-state index is 1.03. The summed E-state index contributed by atoms with van der Waals surface area (Å²) in [6, 6.07) is 17.1. The highest BCUT2D eigenvalue weighted by atomic mass is 14.0. The molecule has 2 rings (SSSR count). The third-order valence-corrected chi connectivity index (χ3v) is 3.36. The van der Waals surface area contributed by atoms with E-state index in [9.17, 15) is 0 Å². The fraction of sp³-hybridized carbons (Fsp3) is 0.222. The predicted molar refractivity (Wildman–Crippen MR) is 78.9 cm³/mol. The summed E-state index contributed by atoms with van der Waals surface area (Å²) in [7, 11) is 0. The first-order valence-corrected chi connectivity index (χ1v) is 6.51. The van der Waals surface area contributed by atoms with Gasteiger partial charge in [0.1, 0.15) is 0 Å². The molecule has 0 amide bonds. The minimum Gasteiger partial charge on any atom is -0.0838 e. The molecule has 0 unspecified atom stereocenters. The zero-order valence-corrected chi connectivity index (χ0v) is 11.2. The first-order valence-electron chi connectivity index (χ1n) is 6.51. The summed E-state index contributed by atoms with van der Waals surface area (Å²) in [5, 5.41) is 0. The van der Waals surface area contributed by atoms with Gasteiger partial charge in [-0.05, 0) is 48.9 Å². The van der Waals surface area contributed by atoms with Gasteiger partial charge in [0.05, 0.1) is 0 Å². The van der Waals surface area contributed by atoms with Crippen LogP contribution in [0.3, 0.4) is 0 Å².